The SMILES string of the molecule is CCOCCOCCOC(=O)C=CC#CCOC(=O)C(Cl)Oc1ccc(Cl)c(Cl)c1. The molecule has 0 aliphatic heterocycles. The molecule has 1 atom stereocenters. The average molecular weight is 480 g/mol. The van der Waals surface area contributed by atoms with Crippen molar-refractivity contribution in [1.82, 2.24) is 0 Å². The van der Waals surface area contributed by atoms with Gasteiger partial charge in [0.05, 0.1) is 29.9 Å². The lowest BCUT2D eigenvalue weighted by atomic mass is 10.3. The molecule has 164 valence electrons. The number of carbonyl (C=O) groups excluding carboxylic acids is 2. The first-order valence-corrected chi connectivity index (χ1v) is 10.0. The van der Waals surface area contributed by atoms with Crippen LogP contribution in [0.5, 0.6) is 5.75 Å². The van der Waals surface area contributed by atoms with Crippen molar-refractivity contribution in [1.29, 1.82) is 0 Å². The molecule has 0 aromatic heterocycles. The Balaban J connectivity index is 2.20. The van der Waals surface area contributed by atoms with Crippen LogP contribution in [0.15, 0.2) is 30.4 Å². The van der Waals surface area contributed by atoms with Gasteiger partial charge in [-0.1, -0.05) is 46.6 Å². The first-order chi connectivity index (χ1) is 14.4. The van der Waals surface area contributed by atoms with E-state index in [1.54, 1.807) is 0 Å². The summed E-state index contributed by atoms with van der Waals surface area (Å²) in [5.74, 6) is 3.91. The number of ether oxygens (including phenoxy) is 5. The zero-order chi connectivity index (χ0) is 22.2. The second-order valence-electron chi connectivity index (χ2n) is 5.25. The molecule has 0 fully saturated rings. The molecule has 0 aliphatic carbocycles. The van der Waals surface area contributed by atoms with Crippen LogP contribution in [-0.2, 0) is 28.5 Å². The van der Waals surface area contributed by atoms with Crippen LogP contribution in [0.3, 0.4) is 0 Å². The summed E-state index contributed by atoms with van der Waals surface area (Å²) in [5, 5.41) is 0.604. The third-order valence-electron chi connectivity index (χ3n) is 3.06. The van der Waals surface area contributed by atoms with Crippen LogP contribution >= 0.6 is 34.8 Å². The summed E-state index contributed by atoms with van der Waals surface area (Å²) in [5.41, 5.74) is -1.38. The summed E-state index contributed by atoms with van der Waals surface area (Å²) in [7, 11) is 0. The third kappa shape index (κ3) is 11.9. The second-order valence-corrected chi connectivity index (χ2v) is 6.46. The highest BCUT2D eigenvalue weighted by Crippen LogP contribution is 2.27. The Labute approximate surface area is 190 Å². The van der Waals surface area contributed by atoms with Gasteiger partial charge in [-0.3, -0.25) is 0 Å². The van der Waals surface area contributed by atoms with Crippen LogP contribution in [-0.4, -0.2) is 57.1 Å². The Morgan fingerprint density at radius 3 is 2.53 bits per heavy atom. The predicted molar refractivity (Wildman–Crippen MR) is 113 cm³/mol. The first-order valence-electron chi connectivity index (χ1n) is 8.83. The van der Waals surface area contributed by atoms with Crippen molar-refractivity contribution in [3.8, 4) is 17.6 Å². The van der Waals surface area contributed by atoms with Gasteiger partial charge in [-0.15, -0.1) is 0 Å². The van der Waals surface area contributed by atoms with E-state index in [9.17, 15) is 9.59 Å². The molecule has 1 unspecified atom stereocenters. The fraction of sp³-hybridized carbons (Fsp3) is 0.400. The fourth-order valence-electron chi connectivity index (χ4n) is 1.71. The maximum atomic E-state index is 11.8. The molecule has 7 nitrogen and oxygen atoms in total. The van der Waals surface area contributed by atoms with Crippen LogP contribution in [0.2, 0.25) is 10.0 Å². The molecule has 0 N–H and O–H groups in total. The van der Waals surface area contributed by atoms with Crippen molar-refractivity contribution in [2.75, 3.05) is 39.6 Å². The van der Waals surface area contributed by atoms with Crippen LogP contribution in [0, 0.1) is 11.8 Å². The molecular weight excluding hydrogens is 459 g/mol. The van der Waals surface area contributed by atoms with E-state index >= 15 is 0 Å². The topological polar surface area (TPSA) is 80.3 Å². The molecule has 10 heteroatoms. The Morgan fingerprint density at radius 2 is 1.80 bits per heavy atom. The third-order valence-corrected chi connectivity index (χ3v) is 4.06. The van der Waals surface area contributed by atoms with Gasteiger partial charge in [0.15, 0.2) is 6.61 Å². The highest BCUT2D eigenvalue weighted by Gasteiger charge is 2.18. The van der Waals surface area contributed by atoms with Gasteiger partial charge in [-0.25, -0.2) is 9.59 Å². The van der Waals surface area contributed by atoms with Crippen LogP contribution in [0.25, 0.3) is 0 Å². The maximum absolute atomic E-state index is 11.8. The van der Waals surface area contributed by atoms with E-state index in [4.69, 9.17) is 58.5 Å². The number of hydrogen-bond acceptors (Lipinski definition) is 7. The minimum Gasteiger partial charge on any atom is -0.463 e. The highest BCUT2D eigenvalue weighted by molar-refractivity contribution is 6.42. The number of rotatable bonds is 12. The predicted octanol–water partition coefficient (Wildman–Crippen LogP) is 3.64. The minimum absolute atomic E-state index is 0.121. The lowest BCUT2D eigenvalue weighted by Gasteiger charge is -2.11. The van der Waals surface area contributed by atoms with E-state index in [1.165, 1.54) is 24.3 Å². The van der Waals surface area contributed by atoms with Crippen molar-refractivity contribution in [2.24, 2.45) is 0 Å². The second kappa shape index (κ2) is 15.8. The molecule has 0 aliphatic rings. The lowest BCUT2D eigenvalue weighted by molar-refractivity contribution is -0.146. The summed E-state index contributed by atoms with van der Waals surface area (Å²) in [4.78, 5) is 23.2. The van der Waals surface area contributed by atoms with Crippen molar-refractivity contribution >= 4 is 46.7 Å². The molecule has 1 rings (SSSR count). The number of alkyl halides is 1. The molecule has 0 bridgehead atoms. The number of hydrogen-bond donors (Lipinski definition) is 0. The molecule has 1 aromatic rings. The molecule has 0 heterocycles. The van der Waals surface area contributed by atoms with Crippen LogP contribution in [0.4, 0.5) is 0 Å². The normalized spacial score (nSPS) is 11.5. The molecule has 0 spiro atoms. The van der Waals surface area contributed by atoms with Gasteiger partial charge in [0.25, 0.3) is 5.56 Å². The van der Waals surface area contributed by atoms with Crippen molar-refractivity contribution in [3.63, 3.8) is 0 Å². The number of carbonyl (C=O) groups is 2. The molecule has 0 amide bonds. The van der Waals surface area contributed by atoms with Crippen molar-refractivity contribution in [2.45, 2.75) is 12.5 Å². The molecule has 0 saturated carbocycles. The van der Waals surface area contributed by atoms with Crippen molar-refractivity contribution < 1.29 is 33.3 Å². The van der Waals surface area contributed by atoms with Gasteiger partial charge in [-0.05, 0) is 25.1 Å². The molecule has 0 saturated heterocycles. The number of allylic oxidation sites excluding steroid dienone is 1. The van der Waals surface area contributed by atoms with E-state index in [0.29, 0.717) is 24.8 Å². The Kier molecular flexibility index (Phi) is 13.8. The largest absolute Gasteiger partial charge is 0.463 e. The van der Waals surface area contributed by atoms with E-state index in [0.717, 1.165) is 6.08 Å². The van der Waals surface area contributed by atoms with E-state index in [1.807, 2.05) is 6.92 Å². The van der Waals surface area contributed by atoms with E-state index < -0.39 is 17.5 Å². The minimum atomic E-state index is -1.38. The standard InChI is InChI=1S/C20H21Cl3O7/c1-2-26-10-11-27-12-13-28-18(24)6-4-3-5-9-29-20(25)19(23)30-15-7-8-16(21)17(22)14-15/h4,6-8,14,19H,2,9-13H2,1H3. The number of halogens is 3. The highest BCUT2D eigenvalue weighted by atomic mass is 35.5. The van der Waals surface area contributed by atoms with Gasteiger partial charge in [0.1, 0.15) is 12.4 Å². The maximum Gasteiger partial charge on any atom is 0.364 e. The summed E-state index contributed by atoms with van der Waals surface area (Å²) in [6.07, 6.45) is 2.42. The van der Waals surface area contributed by atoms with Gasteiger partial charge in [0.2, 0.25) is 0 Å². The van der Waals surface area contributed by atoms with Gasteiger partial charge >= 0.3 is 11.9 Å². The molecule has 1 aromatic carbocycles. The van der Waals surface area contributed by atoms with Gasteiger partial charge in [0, 0.05) is 18.7 Å². The lowest BCUT2D eigenvalue weighted by Crippen LogP contribution is -2.23. The zero-order valence-corrected chi connectivity index (χ0v) is 18.5. The van der Waals surface area contributed by atoms with Crippen molar-refractivity contribution in [3.05, 3.63) is 40.4 Å². The van der Waals surface area contributed by atoms with Crippen LogP contribution < -0.4 is 4.74 Å². The van der Waals surface area contributed by atoms with Gasteiger partial charge in [-0.2, -0.15) is 0 Å². The molecule has 0 radical (unpaired) electrons. The molecular formula is C20H21Cl3O7. The molecule has 30 heavy (non-hydrogen) atoms. The smallest absolute Gasteiger partial charge is 0.364 e. The average Bonchev–Trinajstić information content (AvgIpc) is 2.72. The fourth-order valence-corrected chi connectivity index (χ4v) is 2.17. The monoisotopic (exact) mass is 478 g/mol. The van der Waals surface area contributed by atoms with Crippen LogP contribution in [0.1, 0.15) is 6.92 Å². The summed E-state index contributed by atoms with van der Waals surface area (Å²) >= 11 is 17.5. The summed E-state index contributed by atoms with van der Waals surface area (Å²) in [6.45, 7) is 3.62. The number of benzene rings is 1. The van der Waals surface area contributed by atoms with Gasteiger partial charge < -0.3 is 23.7 Å². The summed E-state index contributed by atoms with van der Waals surface area (Å²) in [6, 6.07) is 4.43. The Bertz CT molecular complexity index is 771. The zero-order valence-electron chi connectivity index (χ0n) is 16.2. The summed E-state index contributed by atoms with van der Waals surface area (Å²) < 4.78 is 25.2. The van der Waals surface area contributed by atoms with E-state index in [-0.39, 0.29) is 30.6 Å². The number of esters is 2. The van der Waals surface area contributed by atoms with E-state index in [2.05, 4.69) is 11.8 Å². The first kappa shape index (κ1) is 26.1. The Morgan fingerprint density at radius 1 is 1.07 bits per heavy atom. The quantitative estimate of drug-likeness (QED) is 0.149. The Hall–Kier alpha value is -1.95.